The van der Waals surface area contributed by atoms with Crippen LogP contribution in [0, 0.1) is 6.92 Å². The zero-order valence-electron chi connectivity index (χ0n) is 15.7. The third-order valence-electron chi connectivity index (χ3n) is 3.98. The Morgan fingerprint density at radius 1 is 1.10 bits per heavy atom. The lowest BCUT2D eigenvalue weighted by molar-refractivity contribution is 0.0734. The monoisotopic (exact) mass is 506 g/mol. The van der Waals surface area contributed by atoms with E-state index in [0.29, 0.717) is 10.0 Å². The Bertz CT molecular complexity index is 1210. The molecule has 0 saturated carbocycles. The van der Waals surface area contributed by atoms with Gasteiger partial charge in [-0.1, -0.05) is 57.4 Å². The highest BCUT2D eigenvalue weighted by molar-refractivity contribution is 9.10. The molecule has 0 bridgehead atoms. The van der Waals surface area contributed by atoms with E-state index in [1.54, 1.807) is 54.6 Å². The summed E-state index contributed by atoms with van der Waals surface area (Å²) in [6.07, 6.45) is 1.26. The van der Waals surface area contributed by atoms with E-state index < -0.39 is 16.0 Å². The maximum Gasteiger partial charge on any atom is 0.345 e. The van der Waals surface area contributed by atoms with Gasteiger partial charge in [-0.2, -0.15) is 13.5 Å². The van der Waals surface area contributed by atoms with Crippen LogP contribution in [0.1, 0.15) is 21.5 Å². The fourth-order valence-electron chi connectivity index (χ4n) is 2.43. The Kier molecular flexibility index (Phi) is 6.91. The van der Waals surface area contributed by atoms with Crippen molar-refractivity contribution in [2.24, 2.45) is 5.10 Å². The van der Waals surface area contributed by atoms with Gasteiger partial charge >= 0.3 is 5.97 Å². The number of ether oxygens (including phenoxy) is 1. The van der Waals surface area contributed by atoms with Crippen LogP contribution in [0.3, 0.4) is 0 Å². The molecular weight excluding hydrogens is 492 g/mol. The Morgan fingerprint density at radius 2 is 1.80 bits per heavy atom. The van der Waals surface area contributed by atoms with E-state index in [0.717, 1.165) is 5.56 Å². The second kappa shape index (κ2) is 9.42. The summed E-state index contributed by atoms with van der Waals surface area (Å²) in [6.45, 7) is 1.86. The van der Waals surface area contributed by atoms with Gasteiger partial charge in [0.2, 0.25) is 0 Å². The van der Waals surface area contributed by atoms with Crippen LogP contribution in [-0.2, 0) is 10.0 Å². The van der Waals surface area contributed by atoms with Crippen molar-refractivity contribution in [3.8, 4) is 5.75 Å². The molecule has 0 heterocycles. The summed E-state index contributed by atoms with van der Waals surface area (Å²) in [5, 5.41) is 4.07. The highest BCUT2D eigenvalue weighted by atomic mass is 79.9. The molecule has 0 radical (unpaired) electrons. The number of hydrogen-bond acceptors (Lipinski definition) is 5. The smallest absolute Gasteiger partial charge is 0.345 e. The van der Waals surface area contributed by atoms with E-state index in [1.165, 1.54) is 18.3 Å². The van der Waals surface area contributed by atoms with Crippen LogP contribution in [0.15, 0.2) is 81.2 Å². The highest BCUT2D eigenvalue weighted by Gasteiger charge is 2.15. The molecule has 154 valence electrons. The molecule has 0 aromatic heterocycles. The first-order valence-corrected chi connectivity index (χ1v) is 11.3. The summed E-state index contributed by atoms with van der Waals surface area (Å²) >= 11 is 9.37. The number of aryl methyl sites for hydroxylation is 1. The van der Waals surface area contributed by atoms with Crippen molar-refractivity contribution in [2.75, 3.05) is 0 Å². The van der Waals surface area contributed by atoms with Crippen LogP contribution in [0.4, 0.5) is 0 Å². The van der Waals surface area contributed by atoms with Gasteiger partial charge in [0.05, 0.1) is 21.7 Å². The first-order chi connectivity index (χ1) is 14.3. The minimum absolute atomic E-state index is 0.0878. The van der Waals surface area contributed by atoms with Gasteiger partial charge in [0.1, 0.15) is 5.75 Å². The van der Waals surface area contributed by atoms with E-state index in [9.17, 15) is 13.2 Å². The maximum absolute atomic E-state index is 12.4. The van der Waals surface area contributed by atoms with Gasteiger partial charge in [-0.05, 0) is 49.4 Å². The molecule has 9 heteroatoms. The average molecular weight is 508 g/mol. The van der Waals surface area contributed by atoms with Crippen LogP contribution in [-0.4, -0.2) is 20.6 Å². The van der Waals surface area contributed by atoms with E-state index in [1.807, 2.05) is 6.92 Å². The standard InChI is InChI=1S/C21H16BrClN2O4S/c1-14-6-9-17(10-7-14)30(27,28)25-24-13-15-12-16(22)8-11-20(15)29-21(26)18-4-2-3-5-19(18)23/h2-13,25H,1H3. The van der Waals surface area contributed by atoms with Crippen molar-refractivity contribution in [3.05, 3.63) is 92.9 Å². The number of benzene rings is 3. The molecule has 0 spiro atoms. The highest BCUT2D eigenvalue weighted by Crippen LogP contribution is 2.24. The third-order valence-corrected chi connectivity index (χ3v) is 6.04. The second-order valence-electron chi connectivity index (χ2n) is 6.22. The average Bonchev–Trinajstić information content (AvgIpc) is 2.70. The van der Waals surface area contributed by atoms with E-state index in [4.69, 9.17) is 16.3 Å². The van der Waals surface area contributed by atoms with Crippen molar-refractivity contribution >= 4 is 49.7 Å². The fourth-order valence-corrected chi connectivity index (χ4v) is 3.81. The van der Waals surface area contributed by atoms with Gasteiger partial charge in [-0.15, -0.1) is 0 Å². The van der Waals surface area contributed by atoms with Gasteiger partial charge in [-0.3, -0.25) is 0 Å². The molecule has 0 aliphatic heterocycles. The maximum atomic E-state index is 12.4. The van der Waals surface area contributed by atoms with Gasteiger partial charge < -0.3 is 4.74 Å². The molecule has 0 aliphatic carbocycles. The van der Waals surface area contributed by atoms with Crippen LogP contribution >= 0.6 is 27.5 Å². The first-order valence-electron chi connectivity index (χ1n) is 8.64. The molecule has 6 nitrogen and oxygen atoms in total. The quantitative estimate of drug-likeness (QED) is 0.222. The molecule has 1 N–H and O–H groups in total. The van der Waals surface area contributed by atoms with Crippen molar-refractivity contribution in [3.63, 3.8) is 0 Å². The molecule has 3 aromatic carbocycles. The number of carbonyl (C=O) groups excluding carboxylic acids is 1. The molecule has 3 rings (SSSR count). The molecule has 0 unspecified atom stereocenters. The Balaban J connectivity index is 1.81. The topological polar surface area (TPSA) is 84.8 Å². The van der Waals surface area contributed by atoms with Gasteiger partial charge in [0.25, 0.3) is 10.0 Å². The summed E-state index contributed by atoms with van der Waals surface area (Å²) in [5.41, 5.74) is 1.54. The Hall–Kier alpha value is -2.68. The number of nitrogens with zero attached hydrogens (tertiary/aromatic N) is 1. The number of hydrazone groups is 1. The Morgan fingerprint density at radius 3 is 2.50 bits per heavy atom. The van der Waals surface area contributed by atoms with Gasteiger partial charge in [0, 0.05) is 10.0 Å². The van der Waals surface area contributed by atoms with Crippen molar-refractivity contribution in [1.29, 1.82) is 0 Å². The van der Waals surface area contributed by atoms with Crippen molar-refractivity contribution < 1.29 is 17.9 Å². The zero-order valence-corrected chi connectivity index (χ0v) is 18.8. The summed E-state index contributed by atoms with van der Waals surface area (Å²) in [4.78, 5) is 14.7. The number of nitrogens with one attached hydrogen (secondary N) is 1. The molecule has 0 saturated heterocycles. The molecule has 0 amide bonds. The third kappa shape index (κ3) is 5.47. The zero-order chi connectivity index (χ0) is 21.7. The van der Waals surface area contributed by atoms with Crippen LogP contribution in [0.2, 0.25) is 5.02 Å². The van der Waals surface area contributed by atoms with Gasteiger partial charge in [-0.25, -0.2) is 9.63 Å². The number of carbonyl (C=O) groups is 1. The number of esters is 1. The summed E-state index contributed by atoms with van der Waals surface area (Å²) < 4.78 is 30.8. The van der Waals surface area contributed by atoms with E-state index in [-0.39, 0.29) is 21.2 Å². The van der Waals surface area contributed by atoms with Crippen LogP contribution in [0.25, 0.3) is 0 Å². The minimum atomic E-state index is -3.83. The summed E-state index contributed by atoms with van der Waals surface area (Å²) in [5.74, 6) is -0.445. The summed E-state index contributed by atoms with van der Waals surface area (Å²) in [6, 6.07) is 17.8. The number of rotatable bonds is 6. The van der Waals surface area contributed by atoms with Gasteiger partial charge in [0.15, 0.2) is 0 Å². The predicted octanol–water partition coefficient (Wildman–Crippen LogP) is 4.94. The molecule has 30 heavy (non-hydrogen) atoms. The normalized spacial score (nSPS) is 11.4. The first kappa shape index (κ1) is 22.0. The van der Waals surface area contributed by atoms with Crippen molar-refractivity contribution in [2.45, 2.75) is 11.8 Å². The lowest BCUT2D eigenvalue weighted by Gasteiger charge is -2.09. The van der Waals surface area contributed by atoms with E-state index in [2.05, 4.69) is 25.9 Å². The second-order valence-corrected chi connectivity index (χ2v) is 9.20. The number of halogens is 2. The number of sulfonamides is 1. The molecule has 0 aliphatic rings. The fraction of sp³-hybridized carbons (Fsp3) is 0.0476. The van der Waals surface area contributed by atoms with Crippen LogP contribution < -0.4 is 9.57 Å². The lowest BCUT2D eigenvalue weighted by atomic mass is 10.2. The lowest BCUT2D eigenvalue weighted by Crippen LogP contribution is -2.18. The number of hydrogen-bond donors (Lipinski definition) is 1. The molecule has 0 atom stereocenters. The SMILES string of the molecule is Cc1ccc(S(=O)(=O)NN=Cc2cc(Br)ccc2OC(=O)c2ccccc2Cl)cc1. The van der Waals surface area contributed by atoms with Crippen LogP contribution in [0.5, 0.6) is 5.75 Å². The summed E-state index contributed by atoms with van der Waals surface area (Å²) in [7, 11) is -3.83. The predicted molar refractivity (Wildman–Crippen MR) is 120 cm³/mol. The largest absolute Gasteiger partial charge is 0.422 e. The Labute approximate surface area is 187 Å². The molecule has 0 fully saturated rings. The minimum Gasteiger partial charge on any atom is -0.422 e. The van der Waals surface area contributed by atoms with E-state index >= 15 is 0 Å². The van der Waals surface area contributed by atoms with Crippen molar-refractivity contribution in [1.82, 2.24) is 4.83 Å². The molecular formula is C21H16BrClN2O4S. The molecule has 3 aromatic rings.